The molecule has 3 aromatic rings. The van der Waals surface area contributed by atoms with Gasteiger partial charge in [-0.15, -0.1) is 0 Å². The molecule has 0 radical (unpaired) electrons. The Kier molecular flexibility index (Phi) is 7.44. The zero-order valence-electron chi connectivity index (χ0n) is 16.8. The third-order valence-electron chi connectivity index (χ3n) is 4.39. The van der Waals surface area contributed by atoms with E-state index >= 15 is 0 Å². The van der Waals surface area contributed by atoms with Gasteiger partial charge in [-0.3, -0.25) is 9.59 Å². The van der Waals surface area contributed by atoms with Crippen molar-refractivity contribution < 1.29 is 14.3 Å². The largest absolute Gasteiger partial charge is 0.484 e. The van der Waals surface area contributed by atoms with Gasteiger partial charge >= 0.3 is 0 Å². The molecular weight excluding hydrogens is 459 g/mol. The van der Waals surface area contributed by atoms with E-state index in [0.29, 0.717) is 16.3 Å². The molecule has 0 fully saturated rings. The van der Waals surface area contributed by atoms with Gasteiger partial charge in [0.2, 0.25) is 0 Å². The Morgan fingerprint density at radius 2 is 1.52 bits per heavy atom. The first-order valence-corrected chi connectivity index (χ1v) is 10.4. The minimum Gasteiger partial charge on any atom is -0.484 e. The number of carbonyl (C=O) groups excluding carboxylic acids is 2. The van der Waals surface area contributed by atoms with Crippen molar-refractivity contribution in [3.05, 3.63) is 86.4 Å². The highest BCUT2D eigenvalue weighted by atomic mass is 35.5. The van der Waals surface area contributed by atoms with Crippen LogP contribution in [-0.4, -0.2) is 18.4 Å². The van der Waals surface area contributed by atoms with Crippen molar-refractivity contribution in [2.75, 3.05) is 17.2 Å². The lowest BCUT2D eigenvalue weighted by Crippen LogP contribution is -2.20. The molecule has 2 amide bonds. The van der Waals surface area contributed by atoms with Crippen molar-refractivity contribution in [1.82, 2.24) is 0 Å². The smallest absolute Gasteiger partial charge is 0.262 e. The summed E-state index contributed by atoms with van der Waals surface area (Å²) in [5.41, 5.74) is 3.49. The van der Waals surface area contributed by atoms with Crippen LogP contribution in [0.2, 0.25) is 15.1 Å². The zero-order chi connectivity index (χ0) is 22.5. The van der Waals surface area contributed by atoms with Gasteiger partial charge in [-0.25, -0.2) is 0 Å². The van der Waals surface area contributed by atoms with Crippen LogP contribution in [0, 0.1) is 13.8 Å². The number of amides is 2. The minimum atomic E-state index is -0.398. The second-order valence-electron chi connectivity index (χ2n) is 6.88. The van der Waals surface area contributed by atoms with Crippen LogP contribution in [-0.2, 0) is 4.79 Å². The Balaban J connectivity index is 1.57. The standard InChI is InChI=1S/C23H19Cl3N2O3/c1-13-3-8-20(14(2)9-13)27-21(29)12-31-17-6-4-15(5-7-17)23(30)28-22-18(25)10-16(24)11-19(22)26/h3-11H,12H2,1-2H3,(H,27,29)(H,28,30). The van der Waals surface area contributed by atoms with Crippen molar-refractivity contribution in [2.24, 2.45) is 0 Å². The summed E-state index contributed by atoms with van der Waals surface area (Å²) in [7, 11) is 0. The van der Waals surface area contributed by atoms with Gasteiger partial charge in [0.15, 0.2) is 6.61 Å². The molecule has 0 aromatic heterocycles. The molecule has 0 saturated heterocycles. The lowest BCUT2D eigenvalue weighted by Gasteiger charge is -2.11. The van der Waals surface area contributed by atoms with Crippen LogP contribution < -0.4 is 15.4 Å². The molecule has 0 unspecified atom stereocenters. The summed E-state index contributed by atoms with van der Waals surface area (Å²) in [5, 5.41) is 6.32. The number of carbonyl (C=O) groups is 2. The second kappa shape index (κ2) is 10.1. The summed E-state index contributed by atoms with van der Waals surface area (Å²) in [6.07, 6.45) is 0. The molecule has 3 aromatic carbocycles. The van der Waals surface area contributed by atoms with Crippen molar-refractivity contribution in [3.63, 3.8) is 0 Å². The van der Waals surface area contributed by atoms with Gasteiger partial charge in [0.25, 0.3) is 11.8 Å². The number of hydrogen-bond acceptors (Lipinski definition) is 3. The fraction of sp³-hybridized carbons (Fsp3) is 0.130. The lowest BCUT2D eigenvalue weighted by molar-refractivity contribution is -0.118. The van der Waals surface area contributed by atoms with E-state index in [2.05, 4.69) is 10.6 Å². The number of aryl methyl sites for hydroxylation is 2. The number of rotatable bonds is 6. The zero-order valence-corrected chi connectivity index (χ0v) is 19.0. The highest BCUT2D eigenvalue weighted by Gasteiger charge is 2.13. The molecule has 0 heterocycles. The quantitative estimate of drug-likeness (QED) is 0.424. The molecule has 0 spiro atoms. The molecule has 0 atom stereocenters. The molecule has 0 aliphatic heterocycles. The second-order valence-corrected chi connectivity index (χ2v) is 8.13. The third-order valence-corrected chi connectivity index (χ3v) is 5.20. The van der Waals surface area contributed by atoms with Crippen LogP contribution in [0.25, 0.3) is 0 Å². The molecule has 3 rings (SSSR count). The first-order valence-electron chi connectivity index (χ1n) is 9.29. The van der Waals surface area contributed by atoms with Gasteiger partial charge < -0.3 is 15.4 Å². The monoisotopic (exact) mass is 476 g/mol. The summed E-state index contributed by atoms with van der Waals surface area (Å²) >= 11 is 18.1. The molecule has 8 heteroatoms. The Morgan fingerprint density at radius 1 is 0.871 bits per heavy atom. The summed E-state index contributed by atoms with van der Waals surface area (Å²) in [6, 6.07) is 15.1. The van der Waals surface area contributed by atoms with E-state index in [-0.39, 0.29) is 28.2 Å². The van der Waals surface area contributed by atoms with Gasteiger partial charge in [-0.1, -0.05) is 52.5 Å². The molecule has 0 aliphatic rings. The van der Waals surface area contributed by atoms with Crippen molar-refractivity contribution in [1.29, 1.82) is 0 Å². The molecular formula is C23H19Cl3N2O3. The average Bonchev–Trinajstić information content (AvgIpc) is 2.71. The van der Waals surface area contributed by atoms with Crippen LogP contribution in [0.4, 0.5) is 11.4 Å². The SMILES string of the molecule is Cc1ccc(NC(=O)COc2ccc(C(=O)Nc3c(Cl)cc(Cl)cc3Cl)cc2)c(C)c1. The van der Waals surface area contributed by atoms with E-state index in [0.717, 1.165) is 16.8 Å². The number of anilines is 2. The highest BCUT2D eigenvalue weighted by molar-refractivity contribution is 6.42. The number of hydrogen-bond donors (Lipinski definition) is 2. The van der Waals surface area contributed by atoms with Crippen LogP contribution in [0.5, 0.6) is 5.75 Å². The fourth-order valence-corrected chi connectivity index (χ4v) is 3.75. The summed E-state index contributed by atoms with van der Waals surface area (Å²) in [5.74, 6) is -0.221. The van der Waals surface area contributed by atoms with Crippen molar-refractivity contribution in [2.45, 2.75) is 13.8 Å². The Morgan fingerprint density at radius 3 is 2.13 bits per heavy atom. The summed E-state index contributed by atoms with van der Waals surface area (Å²) in [4.78, 5) is 24.6. The predicted molar refractivity (Wildman–Crippen MR) is 126 cm³/mol. The van der Waals surface area contributed by atoms with Gasteiger partial charge in [-0.2, -0.15) is 0 Å². The number of benzene rings is 3. The first-order chi connectivity index (χ1) is 14.7. The van der Waals surface area contributed by atoms with Gasteiger partial charge in [0, 0.05) is 16.3 Å². The lowest BCUT2D eigenvalue weighted by atomic mass is 10.1. The first kappa shape index (κ1) is 22.9. The van der Waals surface area contributed by atoms with Crippen LogP contribution in [0.1, 0.15) is 21.5 Å². The highest BCUT2D eigenvalue weighted by Crippen LogP contribution is 2.34. The molecule has 0 bridgehead atoms. The number of nitrogens with one attached hydrogen (secondary N) is 2. The normalized spacial score (nSPS) is 10.5. The molecule has 160 valence electrons. The molecule has 0 saturated carbocycles. The van der Waals surface area contributed by atoms with Crippen molar-refractivity contribution >= 4 is 58.0 Å². The van der Waals surface area contributed by atoms with E-state index in [4.69, 9.17) is 39.5 Å². The average molecular weight is 478 g/mol. The Hall–Kier alpha value is -2.73. The number of halogens is 3. The van der Waals surface area contributed by atoms with Crippen molar-refractivity contribution in [3.8, 4) is 5.75 Å². The molecule has 5 nitrogen and oxygen atoms in total. The molecule has 31 heavy (non-hydrogen) atoms. The Bertz CT molecular complexity index is 1110. The van der Waals surface area contributed by atoms with E-state index in [1.165, 1.54) is 12.1 Å². The van der Waals surface area contributed by atoms with Crippen LogP contribution in [0.3, 0.4) is 0 Å². The molecule has 0 aliphatic carbocycles. The topological polar surface area (TPSA) is 67.4 Å². The van der Waals surface area contributed by atoms with E-state index in [9.17, 15) is 9.59 Å². The minimum absolute atomic E-state index is 0.158. The van der Waals surface area contributed by atoms with Crippen LogP contribution in [0.15, 0.2) is 54.6 Å². The van der Waals surface area contributed by atoms with E-state index < -0.39 is 5.91 Å². The molecule has 2 N–H and O–H groups in total. The van der Waals surface area contributed by atoms with Crippen LogP contribution >= 0.6 is 34.8 Å². The van der Waals surface area contributed by atoms with Gasteiger partial charge in [0.1, 0.15) is 5.75 Å². The van der Waals surface area contributed by atoms with E-state index in [1.807, 2.05) is 32.0 Å². The summed E-state index contributed by atoms with van der Waals surface area (Å²) < 4.78 is 5.51. The fourth-order valence-electron chi connectivity index (χ4n) is 2.84. The van der Waals surface area contributed by atoms with Gasteiger partial charge in [-0.05, 0) is 61.9 Å². The summed E-state index contributed by atoms with van der Waals surface area (Å²) in [6.45, 7) is 3.76. The maximum absolute atomic E-state index is 12.5. The maximum atomic E-state index is 12.5. The van der Waals surface area contributed by atoms with E-state index in [1.54, 1.807) is 24.3 Å². The number of ether oxygens (including phenoxy) is 1. The predicted octanol–water partition coefficient (Wildman–Crippen LogP) is 6.53. The van der Waals surface area contributed by atoms with Gasteiger partial charge in [0.05, 0.1) is 15.7 Å². The maximum Gasteiger partial charge on any atom is 0.262 e. The third kappa shape index (κ3) is 6.14. The Labute approximate surface area is 195 Å².